The van der Waals surface area contributed by atoms with Gasteiger partial charge < -0.3 is 15.9 Å². The summed E-state index contributed by atoms with van der Waals surface area (Å²) in [4.78, 5) is 10.5. The van der Waals surface area contributed by atoms with Gasteiger partial charge in [0.2, 0.25) is 0 Å². The topological polar surface area (TPSA) is 83.6 Å². The third-order valence-electron chi connectivity index (χ3n) is 1.65. The van der Waals surface area contributed by atoms with E-state index in [9.17, 15) is 14.3 Å². The summed E-state index contributed by atoms with van der Waals surface area (Å²) in [7, 11) is 0. The van der Waals surface area contributed by atoms with Crippen LogP contribution in [-0.2, 0) is 4.79 Å². The molecule has 1 aromatic rings. The number of phenolic OH excluding ortho intramolecular Hbond substituents is 1. The van der Waals surface area contributed by atoms with Crippen LogP contribution in [0.15, 0.2) is 16.6 Å². The summed E-state index contributed by atoms with van der Waals surface area (Å²) in [5.41, 5.74) is 4.76. The molecule has 0 aliphatic rings. The monoisotopic (exact) mass is 263 g/mol. The van der Waals surface area contributed by atoms with Crippen molar-refractivity contribution in [3.8, 4) is 5.75 Å². The number of hydrogen-bond acceptors (Lipinski definition) is 3. The van der Waals surface area contributed by atoms with E-state index in [1.165, 1.54) is 6.07 Å². The van der Waals surface area contributed by atoms with Gasteiger partial charge in [-0.15, -0.1) is 0 Å². The smallest absolute Gasteiger partial charge is 0.325 e. The molecule has 1 atom stereocenters. The molecular formula is C8H7BrFNO3. The van der Waals surface area contributed by atoms with Crippen LogP contribution >= 0.6 is 15.9 Å². The molecule has 0 radical (unpaired) electrons. The minimum absolute atomic E-state index is 0.314. The molecule has 0 aliphatic heterocycles. The Balaban J connectivity index is 3.27. The zero-order chi connectivity index (χ0) is 10.9. The van der Waals surface area contributed by atoms with Crippen LogP contribution < -0.4 is 5.73 Å². The van der Waals surface area contributed by atoms with E-state index in [-0.39, 0.29) is 0 Å². The van der Waals surface area contributed by atoms with Crippen molar-refractivity contribution in [1.82, 2.24) is 0 Å². The number of benzene rings is 1. The lowest BCUT2D eigenvalue weighted by Gasteiger charge is -2.10. The summed E-state index contributed by atoms with van der Waals surface area (Å²) in [6.07, 6.45) is 0. The van der Waals surface area contributed by atoms with E-state index in [2.05, 4.69) is 15.9 Å². The van der Waals surface area contributed by atoms with Gasteiger partial charge >= 0.3 is 5.97 Å². The molecule has 0 aromatic heterocycles. The Morgan fingerprint density at radius 1 is 1.57 bits per heavy atom. The van der Waals surface area contributed by atoms with E-state index in [1.54, 1.807) is 0 Å². The molecule has 6 heteroatoms. The molecule has 4 nitrogen and oxygen atoms in total. The molecule has 0 bridgehead atoms. The van der Waals surface area contributed by atoms with E-state index in [4.69, 9.17) is 10.8 Å². The third kappa shape index (κ3) is 2.02. The van der Waals surface area contributed by atoms with Crippen molar-refractivity contribution in [1.29, 1.82) is 0 Å². The highest BCUT2D eigenvalue weighted by molar-refractivity contribution is 9.10. The van der Waals surface area contributed by atoms with E-state index >= 15 is 0 Å². The van der Waals surface area contributed by atoms with Crippen molar-refractivity contribution in [2.75, 3.05) is 0 Å². The van der Waals surface area contributed by atoms with E-state index in [0.29, 0.717) is 4.47 Å². The second-order valence-corrected chi connectivity index (χ2v) is 3.55. The van der Waals surface area contributed by atoms with Crippen LogP contribution in [0, 0.1) is 5.82 Å². The van der Waals surface area contributed by atoms with Crippen molar-refractivity contribution < 1.29 is 19.4 Å². The highest BCUT2D eigenvalue weighted by Crippen LogP contribution is 2.29. The van der Waals surface area contributed by atoms with Crippen molar-refractivity contribution in [3.63, 3.8) is 0 Å². The van der Waals surface area contributed by atoms with Gasteiger partial charge in [-0.25, -0.2) is 4.39 Å². The van der Waals surface area contributed by atoms with Crippen molar-refractivity contribution in [2.45, 2.75) is 6.04 Å². The highest BCUT2D eigenvalue weighted by Gasteiger charge is 2.22. The number of aliphatic carboxylic acids is 1. The Labute approximate surface area is 87.3 Å². The van der Waals surface area contributed by atoms with E-state index < -0.39 is 29.1 Å². The van der Waals surface area contributed by atoms with Crippen LogP contribution in [0.3, 0.4) is 0 Å². The predicted molar refractivity (Wildman–Crippen MR) is 50.3 cm³/mol. The molecule has 76 valence electrons. The lowest BCUT2D eigenvalue weighted by molar-refractivity contribution is -0.138. The molecule has 0 unspecified atom stereocenters. The van der Waals surface area contributed by atoms with Crippen LogP contribution in [0.1, 0.15) is 11.6 Å². The molecule has 0 fully saturated rings. The number of nitrogens with two attached hydrogens (primary N) is 1. The van der Waals surface area contributed by atoms with Gasteiger partial charge in [0.25, 0.3) is 0 Å². The molecule has 0 saturated carbocycles. The molecule has 0 saturated heterocycles. The maximum Gasteiger partial charge on any atom is 0.325 e. The Kier molecular flexibility index (Phi) is 3.07. The standard InChI is InChI=1S/C8H7BrFNO3/c9-3-1-4(10)6(5(12)2-3)7(11)8(13)14/h1-2,7,12H,11H2,(H,13,14)/t7-/m0/s1. The van der Waals surface area contributed by atoms with Crippen LogP contribution in [0.4, 0.5) is 4.39 Å². The molecule has 14 heavy (non-hydrogen) atoms. The number of carboxylic acid groups (broad SMARTS) is 1. The summed E-state index contributed by atoms with van der Waals surface area (Å²) >= 11 is 2.95. The molecule has 0 heterocycles. The van der Waals surface area contributed by atoms with Crippen molar-refractivity contribution >= 4 is 21.9 Å². The van der Waals surface area contributed by atoms with Gasteiger partial charge in [0.1, 0.15) is 17.6 Å². The van der Waals surface area contributed by atoms with E-state index in [1.807, 2.05) is 0 Å². The number of hydrogen-bond donors (Lipinski definition) is 3. The fourth-order valence-electron chi connectivity index (χ4n) is 1.00. The minimum atomic E-state index is -1.57. The Hall–Kier alpha value is -1.14. The molecule has 0 spiro atoms. The number of phenols is 1. The molecule has 0 amide bonds. The summed E-state index contributed by atoms with van der Waals surface area (Å²) < 4.78 is 13.5. The molecule has 0 aliphatic carbocycles. The normalized spacial score (nSPS) is 12.5. The molecule has 1 aromatic carbocycles. The molecule has 1 rings (SSSR count). The van der Waals surface area contributed by atoms with Crippen molar-refractivity contribution in [3.05, 3.63) is 28.0 Å². The van der Waals surface area contributed by atoms with Gasteiger partial charge in [-0.05, 0) is 12.1 Å². The van der Waals surface area contributed by atoms with Gasteiger partial charge in [0.05, 0.1) is 5.56 Å². The molecular weight excluding hydrogens is 257 g/mol. The predicted octanol–water partition coefficient (Wildman–Crippen LogP) is 1.38. The van der Waals surface area contributed by atoms with E-state index in [0.717, 1.165) is 6.07 Å². The average molecular weight is 264 g/mol. The zero-order valence-corrected chi connectivity index (χ0v) is 8.45. The number of rotatable bonds is 2. The first kappa shape index (κ1) is 10.9. The Morgan fingerprint density at radius 2 is 2.14 bits per heavy atom. The summed E-state index contributed by atoms with van der Waals surface area (Å²) in [6.45, 7) is 0. The van der Waals surface area contributed by atoms with Crippen molar-refractivity contribution in [2.24, 2.45) is 5.73 Å². The van der Waals surface area contributed by atoms with Gasteiger partial charge in [0.15, 0.2) is 0 Å². The largest absolute Gasteiger partial charge is 0.507 e. The van der Waals surface area contributed by atoms with Gasteiger partial charge in [-0.1, -0.05) is 15.9 Å². The quantitative estimate of drug-likeness (QED) is 0.753. The van der Waals surface area contributed by atoms with Crippen LogP contribution in [0.5, 0.6) is 5.75 Å². The number of carbonyl (C=O) groups is 1. The lowest BCUT2D eigenvalue weighted by atomic mass is 10.1. The Bertz CT molecular complexity index is 360. The van der Waals surface area contributed by atoms with Gasteiger partial charge in [-0.3, -0.25) is 4.79 Å². The first-order valence-corrected chi connectivity index (χ1v) is 4.39. The SMILES string of the molecule is N[C@H](C(=O)O)c1c(O)cc(Br)cc1F. The number of carboxylic acids is 1. The second-order valence-electron chi connectivity index (χ2n) is 2.64. The average Bonchev–Trinajstić information content (AvgIpc) is 2.01. The molecule has 4 N–H and O–H groups in total. The van der Waals surface area contributed by atoms with Crippen LogP contribution in [-0.4, -0.2) is 16.2 Å². The number of aromatic hydroxyl groups is 1. The maximum absolute atomic E-state index is 13.2. The first-order chi connectivity index (χ1) is 6.43. The third-order valence-corrected chi connectivity index (χ3v) is 2.11. The van der Waals surface area contributed by atoms with Gasteiger partial charge in [-0.2, -0.15) is 0 Å². The summed E-state index contributed by atoms with van der Waals surface area (Å²) in [5, 5.41) is 17.8. The van der Waals surface area contributed by atoms with Crippen LogP contribution in [0.25, 0.3) is 0 Å². The fraction of sp³-hybridized carbons (Fsp3) is 0.125. The highest BCUT2D eigenvalue weighted by atomic mass is 79.9. The van der Waals surface area contributed by atoms with Gasteiger partial charge in [0, 0.05) is 4.47 Å². The Morgan fingerprint density at radius 3 is 2.57 bits per heavy atom. The minimum Gasteiger partial charge on any atom is -0.507 e. The summed E-state index contributed by atoms with van der Waals surface area (Å²) in [5.74, 6) is -2.74. The first-order valence-electron chi connectivity index (χ1n) is 3.59. The second kappa shape index (κ2) is 3.93. The zero-order valence-electron chi connectivity index (χ0n) is 6.87. The van der Waals surface area contributed by atoms with Crippen LogP contribution in [0.2, 0.25) is 0 Å². The number of halogens is 2. The summed E-state index contributed by atoms with van der Waals surface area (Å²) in [6, 6.07) is 0.655. The fourth-order valence-corrected chi connectivity index (χ4v) is 1.42. The maximum atomic E-state index is 13.2. The lowest BCUT2D eigenvalue weighted by Crippen LogP contribution is -2.22.